The first-order valence-corrected chi connectivity index (χ1v) is 5.67. The third-order valence-electron chi connectivity index (χ3n) is 2.61. The molecule has 1 N–H and O–H groups in total. The normalized spacial score (nSPS) is 10.1. The number of ether oxygens (including phenoxy) is 1. The molecule has 0 aliphatic heterocycles. The van der Waals surface area contributed by atoms with Crippen LogP contribution in [0.25, 0.3) is 0 Å². The number of carbonyl (C=O) groups excluding carboxylic acids is 1. The number of rotatable bonds is 6. The minimum atomic E-state index is -1.27. The number of amides is 1. The SMILES string of the molecule is COCCN(C(C)=O)c1ccc(C(=O)O)cc1[N+](=O)[O-]. The monoisotopic (exact) mass is 282 g/mol. The molecule has 0 saturated carbocycles. The number of benzene rings is 1. The summed E-state index contributed by atoms with van der Waals surface area (Å²) in [6.45, 7) is 1.61. The number of carbonyl (C=O) groups is 2. The molecule has 8 heteroatoms. The molecular formula is C12H14N2O6. The Bertz CT molecular complexity index is 543. The van der Waals surface area contributed by atoms with Gasteiger partial charge in [-0.05, 0) is 12.1 Å². The molecule has 108 valence electrons. The Kier molecular flexibility index (Phi) is 5.15. The van der Waals surface area contributed by atoms with Crippen molar-refractivity contribution in [1.82, 2.24) is 0 Å². The van der Waals surface area contributed by atoms with Gasteiger partial charge < -0.3 is 14.7 Å². The van der Waals surface area contributed by atoms with Crippen LogP contribution in [-0.2, 0) is 9.53 Å². The highest BCUT2D eigenvalue weighted by Crippen LogP contribution is 2.29. The van der Waals surface area contributed by atoms with Gasteiger partial charge in [-0.2, -0.15) is 0 Å². The summed E-state index contributed by atoms with van der Waals surface area (Å²) in [5.74, 6) is -1.67. The highest BCUT2D eigenvalue weighted by molar-refractivity contribution is 5.96. The maximum Gasteiger partial charge on any atom is 0.335 e. The van der Waals surface area contributed by atoms with Crippen LogP contribution in [0.5, 0.6) is 0 Å². The van der Waals surface area contributed by atoms with E-state index in [9.17, 15) is 19.7 Å². The fourth-order valence-electron chi connectivity index (χ4n) is 1.66. The summed E-state index contributed by atoms with van der Waals surface area (Å²) in [4.78, 5) is 33.9. The van der Waals surface area contributed by atoms with E-state index >= 15 is 0 Å². The molecule has 1 amide bonds. The van der Waals surface area contributed by atoms with Crippen molar-refractivity contribution >= 4 is 23.3 Å². The van der Waals surface area contributed by atoms with Crippen LogP contribution in [0.2, 0.25) is 0 Å². The zero-order valence-electron chi connectivity index (χ0n) is 11.0. The molecule has 1 aromatic carbocycles. The average molecular weight is 282 g/mol. The van der Waals surface area contributed by atoms with Gasteiger partial charge in [-0.3, -0.25) is 14.9 Å². The Hall–Kier alpha value is -2.48. The third-order valence-corrected chi connectivity index (χ3v) is 2.61. The second-order valence-corrected chi connectivity index (χ2v) is 3.93. The number of methoxy groups -OCH3 is 1. The van der Waals surface area contributed by atoms with E-state index < -0.39 is 22.5 Å². The summed E-state index contributed by atoms with van der Waals surface area (Å²) in [5, 5.41) is 19.9. The summed E-state index contributed by atoms with van der Waals surface area (Å²) in [7, 11) is 1.44. The van der Waals surface area contributed by atoms with E-state index in [0.29, 0.717) is 0 Å². The fourth-order valence-corrected chi connectivity index (χ4v) is 1.66. The average Bonchev–Trinajstić information content (AvgIpc) is 2.38. The van der Waals surface area contributed by atoms with Crippen LogP contribution < -0.4 is 4.90 Å². The number of nitro groups is 1. The van der Waals surface area contributed by atoms with Crippen LogP contribution in [0, 0.1) is 10.1 Å². The standard InChI is InChI=1S/C12H14N2O6/c1-8(15)13(5-6-20-2)10-4-3-9(12(16)17)7-11(10)14(18)19/h3-4,7H,5-6H2,1-2H3,(H,16,17). The second kappa shape index (κ2) is 6.62. The molecule has 1 rings (SSSR count). The lowest BCUT2D eigenvalue weighted by molar-refractivity contribution is -0.384. The summed E-state index contributed by atoms with van der Waals surface area (Å²) >= 11 is 0. The van der Waals surface area contributed by atoms with Crippen LogP contribution in [-0.4, -0.2) is 42.2 Å². The number of anilines is 1. The smallest absolute Gasteiger partial charge is 0.335 e. The van der Waals surface area contributed by atoms with Crippen LogP contribution in [0.1, 0.15) is 17.3 Å². The first kappa shape index (κ1) is 15.6. The fraction of sp³-hybridized carbons (Fsp3) is 0.333. The van der Waals surface area contributed by atoms with Gasteiger partial charge in [0.2, 0.25) is 5.91 Å². The number of nitrogens with zero attached hydrogens (tertiary/aromatic N) is 2. The Morgan fingerprint density at radius 3 is 2.55 bits per heavy atom. The number of aromatic carboxylic acids is 1. The van der Waals surface area contributed by atoms with Gasteiger partial charge in [0, 0.05) is 26.6 Å². The molecule has 0 radical (unpaired) electrons. The second-order valence-electron chi connectivity index (χ2n) is 3.93. The largest absolute Gasteiger partial charge is 0.478 e. The van der Waals surface area contributed by atoms with Crippen molar-refractivity contribution in [1.29, 1.82) is 0 Å². The van der Waals surface area contributed by atoms with Gasteiger partial charge in [0.25, 0.3) is 5.69 Å². The molecule has 0 saturated heterocycles. The number of hydrogen-bond acceptors (Lipinski definition) is 5. The Balaban J connectivity index is 3.29. The zero-order chi connectivity index (χ0) is 15.3. The van der Waals surface area contributed by atoms with E-state index in [1.54, 1.807) is 0 Å². The molecule has 0 aromatic heterocycles. The predicted molar refractivity (Wildman–Crippen MR) is 70.0 cm³/mol. The first-order chi connectivity index (χ1) is 9.38. The van der Waals surface area contributed by atoms with Gasteiger partial charge in [0.15, 0.2) is 0 Å². The van der Waals surface area contributed by atoms with E-state index in [0.717, 1.165) is 6.07 Å². The van der Waals surface area contributed by atoms with Gasteiger partial charge in [0.05, 0.1) is 17.1 Å². The van der Waals surface area contributed by atoms with Crippen LogP contribution in [0.4, 0.5) is 11.4 Å². The van der Waals surface area contributed by atoms with Gasteiger partial charge in [-0.15, -0.1) is 0 Å². The Labute approximate surface area is 114 Å². The Morgan fingerprint density at radius 1 is 1.45 bits per heavy atom. The molecule has 0 heterocycles. The van der Waals surface area contributed by atoms with Crippen molar-refractivity contribution in [3.8, 4) is 0 Å². The summed E-state index contributed by atoms with van der Waals surface area (Å²) in [5.41, 5.74) is -0.601. The number of carboxylic acids is 1. The molecule has 0 bridgehead atoms. The number of hydrogen-bond donors (Lipinski definition) is 1. The lowest BCUT2D eigenvalue weighted by Crippen LogP contribution is -2.32. The number of carboxylic acid groups (broad SMARTS) is 1. The van der Waals surface area contributed by atoms with Gasteiger partial charge in [-0.25, -0.2) is 4.79 Å². The van der Waals surface area contributed by atoms with E-state index in [1.165, 1.54) is 31.1 Å². The third kappa shape index (κ3) is 3.51. The molecule has 0 atom stereocenters. The van der Waals surface area contributed by atoms with Crippen molar-refractivity contribution in [2.45, 2.75) is 6.92 Å². The lowest BCUT2D eigenvalue weighted by atomic mass is 10.1. The minimum Gasteiger partial charge on any atom is -0.478 e. The zero-order valence-corrected chi connectivity index (χ0v) is 11.0. The highest BCUT2D eigenvalue weighted by Gasteiger charge is 2.23. The number of nitro benzene ring substituents is 1. The van der Waals surface area contributed by atoms with Crippen molar-refractivity contribution in [3.63, 3.8) is 0 Å². The van der Waals surface area contributed by atoms with Gasteiger partial charge >= 0.3 is 5.97 Å². The molecule has 0 aliphatic rings. The van der Waals surface area contributed by atoms with Gasteiger partial charge in [-0.1, -0.05) is 0 Å². The Morgan fingerprint density at radius 2 is 2.10 bits per heavy atom. The van der Waals surface area contributed by atoms with Crippen molar-refractivity contribution in [2.75, 3.05) is 25.2 Å². The van der Waals surface area contributed by atoms with Crippen LogP contribution >= 0.6 is 0 Å². The van der Waals surface area contributed by atoms with Crippen LogP contribution in [0.3, 0.4) is 0 Å². The minimum absolute atomic E-state index is 0.0459. The summed E-state index contributed by atoms with van der Waals surface area (Å²) in [6.07, 6.45) is 0. The summed E-state index contributed by atoms with van der Waals surface area (Å²) in [6, 6.07) is 3.40. The molecule has 0 fully saturated rings. The lowest BCUT2D eigenvalue weighted by Gasteiger charge is -2.20. The molecule has 8 nitrogen and oxygen atoms in total. The molecule has 20 heavy (non-hydrogen) atoms. The molecular weight excluding hydrogens is 268 g/mol. The topological polar surface area (TPSA) is 110 Å². The molecule has 1 aromatic rings. The maximum atomic E-state index is 11.6. The van der Waals surface area contributed by atoms with Gasteiger partial charge in [0.1, 0.15) is 5.69 Å². The predicted octanol–water partition coefficient (Wildman–Crippen LogP) is 1.29. The van der Waals surface area contributed by atoms with Crippen molar-refractivity contribution < 1.29 is 24.4 Å². The van der Waals surface area contributed by atoms with Crippen LogP contribution in [0.15, 0.2) is 18.2 Å². The van der Waals surface area contributed by atoms with E-state index in [4.69, 9.17) is 9.84 Å². The summed E-state index contributed by atoms with van der Waals surface area (Å²) < 4.78 is 4.85. The molecule has 0 unspecified atom stereocenters. The molecule has 0 spiro atoms. The van der Waals surface area contributed by atoms with E-state index in [1.807, 2.05) is 0 Å². The van der Waals surface area contributed by atoms with Crippen molar-refractivity contribution in [2.24, 2.45) is 0 Å². The highest BCUT2D eigenvalue weighted by atomic mass is 16.6. The van der Waals surface area contributed by atoms with Crippen molar-refractivity contribution in [3.05, 3.63) is 33.9 Å². The van der Waals surface area contributed by atoms with E-state index in [-0.39, 0.29) is 24.4 Å². The molecule has 0 aliphatic carbocycles. The maximum absolute atomic E-state index is 11.6. The first-order valence-electron chi connectivity index (χ1n) is 5.67. The quantitative estimate of drug-likeness (QED) is 0.621. The van der Waals surface area contributed by atoms with E-state index in [2.05, 4.69) is 0 Å².